The quantitative estimate of drug-likeness (QED) is 0.179. The maximum Gasteiger partial charge on any atom is 0.253 e. The number of carbonyl (C=O) groups is 1. The van der Waals surface area contributed by atoms with Gasteiger partial charge in [0.2, 0.25) is 9.54 Å². The van der Waals surface area contributed by atoms with Crippen molar-refractivity contribution >= 4 is 86.3 Å². The van der Waals surface area contributed by atoms with Crippen molar-refractivity contribution in [3.63, 3.8) is 0 Å². The molecule has 3 N–H and O–H groups in total. The van der Waals surface area contributed by atoms with Crippen LogP contribution in [-0.2, 0) is 0 Å². The number of halogens is 4. The Morgan fingerprint density at radius 1 is 1.00 bits per heavy atom. The average Bonchev–Trinajstić information content (AvgIpc) is 2.72. The maximum absolute atomic E-state index is 12.9. The number of rotatable bonds is 7. The Balaban J connectivity index is 2.19. The number of nitrogens with one attached hydrogen (secondary N) is 3. The Bertz CT molecular complexity index is 917. The van der Waals surface area contributed by atoms with Gasteiger partial charge in [-0.2, -0.15) is 0 Å². The van der Waals surface area contributed by atoms with E-state index in [0.717, 1.165) is 9.26 Å². The number of thiocarbonyl (C=S) groups is 1. The second-order valence-electron chi connectivity index (χ2n) is 5.97. The number of anilines is 1. The number of methoxy groups -OCH3 is 3. The van der Waals surface area contributed by atoms with Crippen LogP contribution in [0.5, 0.6) is 17.2 Å². The molecule has 1 unspecified atom stereocenters. The maximum atomic E-state index is 12.9. The van der Waals surface area contributed by atoms with Crippen molar-refractivity contribution in [1.82, 2.24) is 10.6 Å². The van der Waals surface area contributed by atoms with E-state index in [-0.39, 0.29) is 10.7 Å². The van der Waals surface area contributed by atoms with Gasteiger partial charge in [0, 0.05) is 14.8 Å². The lowest BCUT2D eigenvalue weighted by Gasteiger charge is -2.28. The topological polar surface area (TPSA) is 80.9 Å². The predicted molar refractivity (Wildman–Crippen MR) is 136 cm³/mol. The zero-order valence-electron chi connectivity index (χ0n) is 16.6. The number of ether oxygens (including phenoxy) is 3. The Hall–Kier alpha value is -1.40. The van der Waals surface area contributed by atoms with E-state index in [9.17, 15) is 4.79 Å². The van der Waals surface area contributed by atoms with Crippen LogP contribution >= 0.6 is 69.6 Å². The van der Waals surface area contributed by atoms with E-state index in [1.807, 2.05) is 24.3 Å². The molecule has 2 rings (SSSR count). The van der Waals surface area contributed by atoms with Gasteiger partial charge in [-0.1, -0.05) is 34.8 Å². The van der Waals surface area contributed by atoms with Gasteiger partial charge in [0.05, 0.1) is 21.3 Å². The highest BCUT2D eigenvalue weighted by molar-refractivity contribution is 14.1. The predicted octanol–water partition coefficient (Wildman–Crippen LogP) is 4.73. The zero-order chi connectivity index (χ0) is 23.2. The van der Waals surface area contributed by atoms with Gasteiger partial charge in [-0.25, -0.2) is 0 Å². The van der Waals surface area contributed by atoms with Crippen LogP contribution in [0.15, 0.2) is 36.4 Å². The molecule has 0 saturated heterocycles. The molecular formula is C19H19Cl3IN3O4S. The third-order valence-corrected chi connectivity index (χ3v) is 5.50. The SMILES string of the molecule is COc1cc(C(=O)NC(NC(=S)Nc2ccc(I)cc2)C(Cl)(Cl)Cl)cc(OC)c1OC. The summed E-state index contributed by atoms with van der Waals surface area (Å²) in [6.07, 6.45) is -1.15. The number of hydrogen-bond acceptors (Lipinski definition) is 5. The Morgan fingerprint density at radius 2 is 1.55 bits per heavy atom. The van der Waals surface area contributed by atoms with Crippen molar-refractivity contribution < 1.29 is 19.0 Å². The molecule has 0 heterocycles. The van der Waals surface area contributed by atoms with Crippen LogP contribution in [0.3, 0.4) is 0 Å². The zero-order valence-corrected chi connectivity index (χ0v) is 21.8. The second-order valence-corrected chi connectivity index (χ2v) is 9.99. The number of amides is 1. The van der Waals surface area contributed by atoms with E-state index in [1.54, 1.807) is 0 Å². The van der Waals surface area contributed by atoms with E-state index < -0.39 is 15.9 Å². The first kappa shape index (κ1) is 25.9. The van der Waals surface area contributed by atoms with Crippen molar-refractivity contribution in [2.75, 3.05) is 26.6 Å². The van der Waals surface area contributed by atoms with Crippen LogP contribution in [-0.4, -0.2) is 42.3 Å². The molecule has 12 heteroatoms. The standard InChI is InChI=1S/C19H19Cl3IN3O4S/c1-28-13-8-10(9-14(29-2)15(13)30-3)16(27)25-17(19(20,21)22)26-18(31)24-12-6-4-11(23)5-7-12/h4-9,17H,1-3H3,(H,25,27)(H2,24,26,31). The summed E-state index contributed by atoms with van der Waals surface area (Å²) in [5, 5.41) is 8.54. The summed E-state index contributed by atoms with van der Waals surface area (Å²) in [6.45, 7) is 0. The molecule has 0 fully saturated rings. The van der Waals surface area contributed by atoms with Crippen LogP contribution in [0.25, 0.3) is 0 Å². The molecule has 1 amide bonds. The van der Waals surface area contributed by atoms with Crippen molar-refractivity contribution in [2.45, 2.75) is 9.96 Å². The molecule has 2 aromatic rings. The first-order valence-electron chi connectivity index (χ1n) is 8.59. The Labute approximate surface area is 214 Å². The molecule has 7 nitrogen and oxygen atoms in total. The van der Waals surface area contributed by atoms with Crippen molar-refractivity contribution in [2.24, 2.45) is 0 Å². The molecule has 168 valence electrons. The summed E-state index contributed by atoms with van der Waals surface area (Å²) in [6, 6.07) is 10.5. The van der Waals surface area contributed by atoms with E-state index in [0.29, 0.717) is 17.2 Å². The van der Waals surface area contributed by atoms with Crippen LogP contribution in [0.1, 0.15) is 10.4 Å². The van der Waals surface area contributed by atoms with Gasteiger partial charge in [-0.3, -0.25) is 4.79 Å². The summed E-state index contributed by atoms with van der Waals surface area (Å²) in [7, 11) is 4.35. The van der Waals surface area contributed by atoms with Gasteiger partial charge < -0.3 is 30.2 Å². The largest absolute Gasteiger partial charge is 0.493 e. The molecule has 0 saturated carbocycles. The highest BCUT2D eigenvalue weighted by Crippen LogP contribution is 2.38. The average molecular weight is 619 g/mol. The fraction of sp³-hybridized carbons (Fsp3) is 0.263. The first-order valence-corrected chi connectivity index (χ1v) is 11.2. The molecule has 2 aromatic carbocycles. The van der Waals surface area contributed by atoms with Crippen molar-refractivity contribution in [3.8, 4) is 17.2 Å². The minimum Gasteiger partial charge on any atom is -0.493 e. The van der Waals surface area contributed by atoms with Gasteiger partial charge >= 0.3 is 0 Å². The van der Waals surface area contributed by atoms with Crippen molar-refractivity contribution in [1.29, 1.82) is 0 Å². The smallest absolute Gasteiger partial charge is 0.253 e. The van der Waals surface area contributed by atoms with Crippen LogP contribution in [0, 0.1) is 3.57 Å². The molecule has 0 aliphatic rings. The molecule has 0 aliphatic heterocycles. The first-order chi connectivity index (χ1) is 14.6. The molecule has 1 atom stereocenters. The minimum atomic E-state index is -1.91. The second kappa shape index (κ2) is 11.5. The lowest BCUT2D eigenvalue weighted by atomic mass is 10.1. The Morgan fingerprint density at radius 3 is 2.00 bits per heavy atom. The van der Waals surface area contributed by atoms with E-state index in [1.165, 1.54) is 33.5 Å². The van der Waals surface area contributed by atoms with Gasteiger partial charge in [-0.05, 0) is 71.2 Å². The molecule has 0 radical (unpaired) electrons. The third-order valence-electron chi connectivity index (χ3n) is 3.91. The normalized spacial score (nSPS) is 11.8. The summed E-state index contributed by atoms with van der Waals surface area (Å²) in [4.78, 5) is 12.9. The van der Waals surface area contributed by atoms with Crippen LogP contribution in [0.2, 0.25) is 0 Å². The van der Waals surface area contributed by atoms with Crippen LogP contribution in [0.4, 0.5) is 5.69 Å². The lowest BCUT2D eigenvalue weighted by molar-refractivity contribution is 0.0933. The minimum absolute atomic E-state index is 0.155. The van der Waals surface area contributed by atoms with E-state index >= 15 is 0 Å². The summed E-state index contributed by atoms with van der Waals surface area (Å²) >= 11 is 25.7. The highest BCUT2D eigenvalue weighted by Gasteiger charge is 2.35. The molecule has 0 aliphatic carbocycles. The molecule has 0 bridgehead atoms. The lowest BCUT2D eigenvalue weighted by Crippen LogP contribution is -2.56. The molecule has 31 heavy (non-hydrogen) atoms. The van der Waals surface area contributed by atoms with Gasteiger partial charge in [0.25, 0.3) is 5.91 Å². The van der Waals surface area contributed by atoms with E-state index in [4.69, 9.17) is 61.2 Å². The fourth-order valence-corrected chi connectivity index (χ4v) is 3.38. The monoisotopic (exact) mass is 617 g/mol. The van der Waals surface area contributed by atoms with Gasteiger partial charge in [-0.15, -0.1) is 0 Å². The fourth-order valence-electron chi connectivity index (χ4n) is 2.46. The number of alkyl halides is 3. The summed E-state index contributed by atoms with van der Waals surface area (Å²) in [5.41, 5.74) is 0.934. The third kappa shape index (κ3) is 7.31. The number of carbonyl (C=O) groups excluding carboxylic acids is 1. The molecular weight excluding hydrogens is 600 g/mol. The number of benzene rings is 2. The number of hydrogen-bond donors (Lipinski definition) is 3. The summed E-state index contributed by atoms with van der Waals surface area (Å²) in [5.74, 6) is 0.406. The van der Waals surface area contributed by atoms with E-state index in [2.05, 4.69) is 38.5 Å². The highest BCUT2D eigenvalue weighted by atomic mass is 127. The Kier molecular flexibility index (Phi) is 9.56. The molecule has 0 spiro atoms. The van der Waals surface area contributed by atoms with Crippen molar-refractivity contribution in [3.05, 3.63) is 45.5 Å². The molecule has 0 aromatic heterocycles. The van der Waals surface area contributed by atoms with Crippen LogP contribution < -0.4 is 30.2 Å². The van der Waals surface area contributed by atoms with Gasteiger partial charge in [0.1, 0.15) is 6.17 Å². The van der Waals surface area contributed by atoms with Gasteiger partial charge in [0.15, 0.2) is 16.6 Å². The summed E-state index contributed by atoms with van der Waals surface area (Å²) < 4.78 is 15.0.